The highest BCUT2D eigenvalue weighted by molar-refractivity contribution is 5.93. The standard InChI is InChI=1S/C27H22N6O2/c34-27(35)24-26(31-18-33(24)22-10-2-1-3-11-22)32-25-19(7-6-14-30-25)15-23(20-8-4-12-28-16-20)21-9-5-13-29-17-21/h1-14,16-18,23H,15H2,(H,30,32)(H,34,35). The van der Waals surface area contributed by atoms with Gasteiger partial charge in [0.1, 0.15) is 12.1 Å². The van der Waals surface area contributed by atoms with E-state index < -0.39 is 5.97 Å². The second kappa shape index (κ2) is 9.96. The highest BCUT2D eigenvalue weighted by Gasteiger charge is 2.22. The average Bonchev–Trinajstić information content (AvgIpc) is 3.33. The van der Waals surface area contributed by atoms with Crippen molar-refractivity contribution < 1.29 is 9.90 Å². The summed E-state index contributed by atoms with van der Waals surface area (Å²) in [6.07, 6.45) is 11.0. The van der Waals surface area contributed by atoms with Crippen molar-refractivity contribution in [2.24, 2.45) is 0 Å². The molecule has 0 fully saturated rings. The Morgan fingerprint density at radius 2 is 1.51 bits per heavy atom. The first-order valence-corrected chi connectivity index (χ1v) is 11.1. The molecule has 35 heavy (non-hydrogen) atoms. The van der Waals surface area contributed by atoms with Crippen molar-refractivity contribution in [2.75, 3.05) is 5.32 Å². The number of benzene rings is 1. The predicted octanol–water partition coefficient (Wildman–Crippen LogP) is 4.87. The summed E-state index contributed by atoms with van der Waals surface area (Å²) in [7, 11) is 0. The van der Waals surface area contributed by atoms with Gasteiger partial charge in [-0.05, 0) is 53.4 Å². The first kappa shape index (κ1) is 22.0. The maximum atomic E-state index is 12.2. The Morgan fingerprint density at radius 3 is 2.14 bits per heavy atom. The summed E-state index contributed by atoms with van der Waals surface area (Å²) < 4.78 is 1.54. The SMILES string of the molecule is O=C(O)c1c(Nc2ncccc2CC(c2cccnc2)c2cccnc2)ncn1-c1ccccc1. The van der Waals surface area contributed by atoms with E-state index in [1.807, 2.05) is 79.1 Å². The molecule has 0 bridgehead atoms. The van der Waals surface area contributed by atoms with Crippen LogP contribution >= 0.6 is 0 Å². The van der Waals surface area contributed by atoms with Gasteiger partial charge in [-0.2, -0.15) is 0 Å². The van der Waals surface area contributed by atoms with Gasteiger partial charge in [-0.3, -0.25) is 14.5 Å². The number of hydrogen-bond donors (Lipinski definition) is 2. The number of aromatic carboxylic acids is 1. The van der Waals surface area contributed by atoms with E-state index in [0.717, 1.165) is 16.7 Å². The predicted molar refractivity (Wildman–Crippen MR) is 132 cm³/mol. The van der Waals surface area contributed by atoms with Crippen LogP contribution in [0.25, 0.3) is 5.69 Å². The number of carboxylic acid groups (broad SMARTS) is 1. The van der Waals surface area contributed by atoms with Gasteiger partial charge in [0.25, 0.3) is 0 Å². The van der Waals surface area contributed by atoms with Gasteiger partial charge in [0, 0.05) is 42.6 Å². The lowest BCUT2D eigenvalue weighted by Gasteiger charge is -2.19. The van der Waals surface area contributed by atoms with E-state index in [0.29, 0.717) is 17.9 Å². The molecular formula is C27H22N6O2. The Hall–Kier alpha value is -4.85. The second-order valence-corrected chi connectivity index (χ2v) is 7.92. The Kier molecular flexibility index (Phi) is 6.25. The number of nitrogens with zero attached hydrogens (tertiary/aromatic N) is 5. The average molecular weight is 463 g/mol. The van der Waals surface area contributed by atoms with Gasteiger partial charge in [-0.15, -0.1) is 0 Å². The molecule has 0 aliphatic carbocycles. The van der Waals surface area contributed by atoms with E-state index in [1.165, 1.54) is 6.33 Å². The molecule has 0 radical (unpaired) electrons. The summed E-state index contributed by atoms with van der Waals surface area (Å²) in [4.78, 5) is 29.6. The number of para-hydroxylation sites is 1. The van der Waals surface area contributed by atoms with E-state index in [-0.39, 0.29) is 17.4 Å². The van der Waals surface area contributed by atoms with E-state index >= 15 is 0 Å². The van der Waals surface area contributed by atoms with Crippen LogP contribution in [0.3, 0.4) is 0 Å². The molecule has 2 N–H and O–H groups in total. The Balaban J connectivity index is 1.51. The molecule has 0 saturated carbocycles. The first-order chi connectivity index (χ1) is 17.2. The van der Waals surface area contributed by atoms with Crippen LogP contribution in [-0.2, 0) is 6.42 Å². The molecule has 0 amide bonds. The minimum absolute atomic E-state index is 0.0111. The van der Waals surface area contributed by atoms with Crippen molar-refractivity contribution in [1.29, 1.82) is 0 Å². The fourth-order valence-corrected chi connectivity index (χ4v) is 4.07. The lowest BCUT2D eigenvalue weighted by molar-refractivity contribution is 0.0689. The van der Waals surface area contributed by atoms with Gasteiger partial charge >= 0.3 is 5.97 Å². The number of carbonyl (C=O) groups is 1. The van der Waals surface area contributed by atoms with Crippen molar-refractivity contribution >= 4 is 17.6 Å². The number of anilines is 2. The molecule has 172 valence electrons. The third-order valence-corrected chi connectivity index (χ3v) is 5.73. The molecule has 0 saturated heterocycles. The number of nitrogens with one attached hydrogen (secondary N) is 1. The zero-order chi connectivity index (χ0) is 24.0. The van der Waals surface area contributed by atoms with Crippen LogP contribution < -0.4 is 5.32 Å². The molecule has 4 heterocycles. The molecule has 1 aromatic carbocycles. The topological polar surface area (TPSA) is 106 Å². The summed E-state index contributed by atoms with van der Waals surface area (Å²) in [5.74, 6) is -0.329. The molecule has 5 aromatic rings. The van der Waals surface area contributed by atoms with Crippen LogP contribution in [0.1, 0.15) is 33.1 Å². The second-order valence-electron chi connectivity index (χ2n) is 7.92. The molecule has 8 nitrogen and oxygen atoms in total. The summed E-state index contributed by atoms with van der Waals surface area (Å²) in [5.41, 5.74) is 3.75. The third kappa shape index (κ3) is 4.77. The molecule has 0 aliphatic rings. The van der Waals surface area contributed by atoms with Crippen molar-refractivity contribution in [3.8, 4) is 5.69 Å². The smallest absolute Gasteiger partial charge is 0.356 e. The van der Waals surface area contributed by atoms with Gasteiger partial charge in [0.15, 0.2) is 11.5 Å². The molecular weight excluding hydrogens is 440 g/mol. The van der Waals surface area contributed by atoms with Crippen LogP contribution in [0.4, 0.5) is 11.6 Å². The number of rotatable bonds is 8. The lowest BCUT2D eigenvalue weighted by Crippen LogP contribution is -2.11. The van der Waals surface area contributed by atoms with Gasteiger partial charge in [0.05, 0.1) is 0 Å². The van der Waals surface area contributed by atoms with Crippen molar-refractivity contribution in [1.82, 2.24) is 24.5 Å². The largest absolute Gasteiger partial charge is 0.476 e. The summed E-state index contributed by atoms with van der Waals surface area (Å²) >= 11 is 0. The Labute approximate surface area is 202 Å². The first-order valence-electron chi connectivity index (χ1n) is 11.1. The zero-order valence-corrected chi connectivity index (χ0v) is 18.7. The number of hydrogen-bond acceptors (Lipinski definition) is 6. The molecule has 0 atom stereocenters. The highest BCUT2D eigenvalue weighted by Crippen LogP contribution is 2.31. The van der Waals surface area contributed by atoms with Crippen LogP contribution in [0.15, 0.2) is 104 Å². The Bertz CT molecular complexity index is 1380. The van der Waals surface area contributed by atoms with Gasteiger partial charge in [-0.1, -0.05) is 36.4 Å². The normalized spacial score (nSPS) is 10.9. The monoisotopic (exact) mass is 462 g/mol. The number of aromatic nitrogens is 5. The molecule has 0 aliphatic heterocycles. The lowest BCUT2D eigenvalue weighted by atomic mass is 9.88. The molecule has 8 heteroatoms. The molecule has 4 aromatic heterocycles. The van der Waals surface area contributed by atoms with Crippen molar-refractivity contribution in [2.45, 2.75) is 12.3 Å². The number of imidazole rings is 1. The van der Waals surface area contributed by atoms with Crippen LogP contribution in [0.2, 0.25) is 0 Å². The van der Waals surface area contributed by atoms with E-state index in [4.69, 9.17) is 0 Å². The molecule has 5 rings (SSSR count). The van der Waals surface area contributed by atoms with Crippen LogP contribution in [-0.4, -0.2) is 35.6 Å². The van der Waals surface area contributed by atoms with Crippen LogP contribution in [0, 0.1) is 0 Å². The highest BCUT2D eigenvalue weighted by atomic mass is 16.4. The third-order valence-electron chi connectivity index (χ3n) is 5.73. The number of carboxylic acids is 1. The molecule has 0 unspecified atom stereocenters. The van der Waals surface area contributed by atoms with Gasteiger partial charge in [-0.25, -0.2) is 14.8 Å². The van der Waals surface area contributed by atoms with Crippen LogP contribution in [0.5, 0.6) is 0 Å². The maximum Gasteiger partial charge on any atom is 0.356 e. The van der Waals surface area contributed by atoms with Gasteiger partial charge < -0.3 is 10.4 Å². The Morgan fingerprint density at radius 1 is 0.829 bits per heavy atom. The van der Waals surface area contributed by atoms with Crippen molar-refractivity contribution in [3.05, 3.63) is 126 Å². The number of pyridine rings is 3. The van der Waals surface area contributed by atoms with E-state index in [2.05, 4.69) is 25.3 Å². The van der Waals surface area contributed by atoms with E-state index in [9.17, 15) is 9.90 Å². The minimum atomic E-state index is -1.09. The fourth-order valence-electron chi connectivity index (χ4n) is 4.07. The fraction of sp³-hybridized carbons (Fsp3) is 0.0741. The summed E-state index contributed by atoms with van der Waals surface area (Å²) in [6, 6.07) is 21.0. The van der Waals surface area contributed by atoms with Crippen molar-refractivity contribution in [3.63, 3.8) is 0 Å². The quantitative estimate of drug-likeness (QED) is 0.339. The van der Waals surface area contributed by atoms with Gasteiger partial charge in [0.2, 0.25) is 0 Å². The zero-order valence-electron chi connectivity index (χ0n) is 18.7. The minimum Gasteiger partial charge on any atom is -0.476 e. The molecule has 0 spiro atoms. The van der Waals surface area contributed by atoms with E-state index in [1.54, 1.807) is 23.2 Å². The maximum absolute atomic E-state index is 12.2. The summed E-state index contributed by atoms with van der Waals surface area (Å²) in [6.45, 7) is 0. The summed E-state index contributed by atoms with van der Waals surface area (Å²) in [5, 5.41) is 13.1.